The maximum absolute atomic E-state index is 11.1. The fourth-order valence-electron chi connectivity index (χ4n) is 0.543. The van der Waals surface area contributed by atoms with E-state index in [9.17, 15) is 4.79 Å². The lowest BCUT2D eigenvalue weighted by atomic mass is 10.2. The highest BCUT2D eigenvalue weighted by molar-refractivity contribution is 5.92. The summed E-state index contributed by atoms with van der Waals surface area (Å²) in [7, 11) is 0. The Bertz CT molecular complexity index is 281. The minimum Gasteiger partial charge on any atom is -0.378 e. The molecule has 6 nitrogen and oxygen atoms in total. The fraction of sp³-hybridized carbons (Fsp3) is 0.500. The number of hydrogen-bond acceptors (Lipinski definition) is 5. The molecule has 0 aromatic carbocycles. The third-order valence-corrected chi connectivity index (χ3v) is 1.28. The van der Waals surface area contributed by atoms with Crippen molar-refractivity contribution in [1.29, 1.82) is 0 Å². The van der Waals surface area contributed by atoms with Crippen LogP contribution >= 0.6 is 0 Å². The largest absolute Gasteiger partial charge is 0.378 e. The maximum atomic E-state index is 11.1. The predicted octanol–water partition coefficient (Wildman–Crippen LogP) is 0.246. The highest BCUT2D eigenvalue weighted by Gasteiger charge is 2.12. The van der Waals surface area contributed by atoms with E-state index < -0.39 is 0 Å². The van der Waals surface area contributed by atoms with Crippen molar-refractivity contribution in [2.24, 2.45) is 5.92 Å². The van der Waals surface area contributed by atoms with Crippen molar-refractivity contribution in [3.8, 4) is 0 Å². The van der Waals surface area contributed by atoms with Crippen LogP contribution in [0, 0.1) is 5.92 Å². The topological polar surface area (TPSA) is 94.0 Å². The molecule has 0 bridgehead atoms. The Balaban J connectivity index is 2.64. The average molecular weight is 170 g/mol. The van der Waals surface area contributed by atoms with Gasteiger partial charge in [-0.15, -0.1) is 0 Å². The molecule has 0 unspecified atom stereocenters. The van der Waals surface area contributed by atoms with E-state index in [4.69, 9.17) is 5.73 Å². The van der Waals surface area contributed by atoms with Crippen molar-refractivity contribution in [3.63, 3.8) is 0 Å². The molecule has 1 heterocycles. The molecule has 1 aromatic heterocycles. The first-order valence-corrected chi connectivity index (χ1v) is 3.50. The minimum absolute atomic E-state index is 0.0870. The van der Waals surface area contributed by atoms with Crippen molar-refractivity contribution in [1.82, 2.24) is 10.3 Å². The number of carbonyl (C=O) groups is 1. The Labute approximate surface area is 69.1 Å². The number of anilines is 2. The summed E-state index contributed by atoms with van der Waals surface area (Å²) < 4.78 is 4.29. The van der Waals surface area contributed by atoms with Crippen molar-refractivity contribution < 1.29 is 9.42 Å². The SMILES string of the molecule is CC(C)C(=O)Nc1nonc1N. The first-order valence-electron chi connectivity index (χ1n) is 3.50. The summed E-state index contributed by atoms with van der Waals surface area (Å²) in [5.41, 5.74) is 5.31. The van der Waals surface area contributed by atoms with E-state index in [0.717, 1.165) is 0 Å². The highest BCUT2D eigenvalue weighted by atomic mass is 16.6. The minimum atomic E-state index is -0.169. The molecule has 1 aromatic rings. The Kier molecular flexibility index (Phi) is 2.27. The lowest BCUT2D eigenvalue weighted by Crippen LogP contribution is -2.18. The molecule has 0 fully saturated rings. The molecule has 1 amide bonds. The molecule has 0 spiro atoms. The lowest BCUT2D eigenvalue weighted by Gasteiger charge is -2.02. The van der Waals surface area contributed by atoms with Gasteiger partial charge in [-0.05, 0) is 10.3 Å². The first kappa shape index (κ1) is 8.51. The molecule has 0 aliphatic rings. The van der Waals surface area contributed by atoms with Crippen LogP contribution in [0.5, 0.6) is 0 Å². The number of nitrogens with zero attached hydrogens (tertiary/aromatic N) is 2. The Morgan fingerprint density at radius 3 is 2.67 bits per heavy atom. The molecule has 66 valence electrons. The van der Waals surface area contributed by atoms with E-state index in [1.807, 2.05) is 0 Å². The van der Waals surface area contributed by atoms with Gasteiger partial charge in [-0.1, -0.05) is 13.8 Å². The van der Waals surface area contributed by atoms with Crippen molar-refractivity contribution in [3.05, 3.63) is 0 Å². The Morgan fingerprint density at radius 1 is 1.58 bits per heavy atom. The molecular formula is C6H10N4O2. The van der Waals surface area contributed by atoms with Crippen LogP contribution in [0.25, 0.3) is 0 Å². The number of hydrogen-bond donors (Lipinski definition) is 2. The van der Waals surface area contributed by atoms with Crippen LogP contribution in [-0.4, -0.2) is 16.2 Å². The van der Waals surface area contributed by atoms with Gasteiger partial charge in [0.2, 0.25) is 17.5 Å². The van der Waals surface area contributed by atoms with Gasteiger partial charge < -0.3 is 11.1 Å². The second kappa shape index (κ2) is 3.21. The molecule has 0 aliphatic carbocycles. The van der Waals surface area contributed by atoms with Gasteiger partial charge in [0.25, 0.3) is 0 Å². The van der Waals surface area contributed by atoms with E-state index in [-0.39, 0.29) is 23.5 Å². The fourth-order valence-corrected chi connectivity index (χ4v) is 0.543. The highest BCUT2D eigenvalue weighted by Crippen LogP contribution is 2.11. The molecule has 0 saturated heterocycles. The summed E-state index contributed by atoms with van der Waals surface area (Å²) in [6.07, 6.45) is 0. The zero-order chi connectivity index (χ0) is 9.14. The average Bonchev–Trinajstić information content (AvgIpc) is 2.36. The molecule has 3 N–H and O–H groups in total. The second-order valence-corrected chi connectivity index (χ2v) is 2.64. The number of nitrogens with one attached hydrogen (secondary N) is 1. The predicted molar refractivity (Wildman–Crippen MR) is 42.2 cm³/mol. The number of aromatic nitrogens is 2. The zero-order valence-corrected chi connectivity index (χ0v) is 6.87. The normalized spacial score (nSPS) is 10.2. The van der Waals surface area contributed by atoms with Gasteiger partial charge in [0.05, 0.1) is 0 Å². The van der Waals surface area contributed by atoms with E-state index in [1.165, 1.54) is 0 Å². The molecule has 0 atom stereocenters. The maximum Gasteiger partial charge on any atom is 0.228 e. The van der Waals surface area contributed by atoms with Crippen molar-refractivity contribution in [2.75, 3.05) is 11.1 Å². The third kappa shape index (κ3) is 1.71. The van der Waals surface area contributed by atoms with Crippen molar-refractivity contribution >= 4 is 17.5 Å². The van der Waals surface area contributed by atoms with Gasteiger partial charge in [-0.3, -0.25) is 4.79 Å². The molecule has 0 saturated carbocycles. The van der Waals surface area contributed by atoms with E-state index in [2.05, 4.69) is 20.3 Å². The molecular weight excluding hydrogens is 160 g/mol. The Morgan fingerprint density at radius 2 is 2.25 bits per heavy atom. The van der Waals surface area contributed by atoms with E-state index in [1.54, 1.807) is 13.8 Å². The van der Waals surface area contributed by atoms with Crippen molar-refractivity contribution in [2.45, 2.75) is 13.8 Å². The van der Waals surface area contributed by atoms with Gasteiger partial charge in [-0.2, -0.15) is 0 Å². The smallest absolute Gasteiger partial charge is 0.228 e. The molecule has 12 heavy (non-hydrogen) atoms. The van der Waals surface area contributed by atoms with Gasteiger partial charge in [0.1, 0.15) is 0 Å². The Hall–Kier alpha value is -1.59. The quantitative estimate of drug-likeness (QED) is 0.663. The number of nitrogens with two attached hydrogens (primary N) is 1. The summed E-state index contributed by atoms with van der Waals surface area (Å²) >= 11 is 0. The summed E-state index contributed by atoms with van der Waals surface area (Å²) in [6.45, 7) is 3.53. The standard InChI is InChI=1S/C6H10N4O2/c1-3(2)6(11)8-5-4(7)9-12-10-5/h3H,1-2H3,(H2,7,9)(H,8,10,11). The van der Waals surface area contributed by atoms with Crippen LogP contribution in [-0.2, 0) is 4.79 Å². The summed E-state index contributed by atoms with van der Waals surface area (Å²) in [5, 5.41) is 9.16. The monoisotopic (exact) mass is 170 g/mol. The van der Waals surface area contributed by atoms with E-state index >= 15 is 0 Å². The van der Waals surface area contributed by atoms with Gasteiger partial charge >= 0.3 is 0 Å². The zero-order valence-electron chi connectivity index (χ0n) is 6.87. The summed E-state index contributed by atoms with van der Waals surface area (Å²) in [5.74, 6) is -0.0313. The molecule has 1 rings (SSSR count). The second-order valence-electron chi connectivity index (χ2n) is 2.64. The number of amides is 1. The van der Waals surface area contributed by atoms with Crippen LogP contribution in [0.1, 0.15) is 13.8 Å². The van der Waals surface area contributed by atoms with Crippen LogP contribution in [0.15, 0.2) is 4.63 Å². The number of nitrogen functional groups attached to an aromatic ring is 1. The van der Waals surface area contributed by atoms with Gasteiger partial charge in [0, 0.05) is 5.92 Å². The third-order valence-electron chi connectivity index (χ3n) is 1.28. The number of rotatable bonds is 2. The van der Waals surface area contributed by atoms with Crippen LogP contribution < -0.4 is 11.1 Å². The molecule has 0 aliphatic heterocycles. The first-order chi connectivity index (χ1) is 5.61. The number of carbonyl (C=O) groups excluding carboxylic acids is 1. The molecule has 6 heteroatoms. The van der Waals surface area contributed by atoms with Crippen LogP contribution in [0.4, 0.5) is 11.6 Å². The lowest BCUT2D eigenvalue weighted by molar-refractivity contribution is -0.118. The van der Waals surface area contributed by atoms with Gasteiger partial charge in [-0.25, -0.2) is 4.63 Å². The van der Waals surface area contributed by atoms with E-state index in [0.29, 0.717) is 0 Å². The van der Waals surface area contributed by atoms with Crippen LogP contribution in [0.3, 0.4) is 0 Å². The van der Waals surface area contributed by atoms with Crippen LogP contribution in [0.2, 0.25) is 0 Å². The summed E-state index contributed by atoms with van der Waals surface area (Å²) in [4.78, 5) is 11.1. The summed E-state index contributed by atoms with van der Waals surface area (Å²) in [6, 6.07) is 0. The van der Waals surface area contributed by atoms with Gasteiger partial charge in [0.15, 0.2) is 0 Å². The molecule has 0 radical (unpaired) electrons.